The van der Waals surface area contributed by atoms with Crippen LogP contribution in [0.5, 0.6) is 5.75 Å². The maximum absolute atomic E-state index is 12.9. The van der Waals surface area contributed by atoms with Crippen LogP contribution in [0.3, 0.4) is 0 Å². The van der Waals surface area contributed by atoms with Crippen LogP contribution >= 0.6 is 0 Å². The number of carbonyl (C=O) groups excluding carboxylic acids is 1. The normalized spacial score (nSPS) is 31.2. The van der Waals surface area contributed by atoms with Gasteiger partial charge < -0.3 is 20.0 Å². The molecule has 2 heterocycles. The number of aryl methyl sites for hydroxylation is 1. The molecule has 35 heavy (non-hydrogen) atoms. The number of nitrogens with two attached hydrogens (primary N) is 1. The molecule has 0 saturated heterocycles. The zero-order chi connectivity index (χ0) is 27.2. The third-order valence-electron chi connectivity index (χ3n) is 8.27. The van der Waals surface area contributed by atoms with Crippen molar-refractivity contribution in [2.75, 3.05) is 6.26 Å². The number of nitrogens with zero attached hydrogens (tertiary/aromatic N) is 1. The fourth-order valence-corrected chi connectivity index (χ4v) is 7.82. The van der Waals surface area contributed by atoms with Crippen molar-refractivity contribution < 1.29 is 22.1 Å². The highest BCUT2D eigenvalue weighted by atomic mass is 32.2. The molecule has 1 aromatic carbocycles. The maximum atomic E-state index is 12.9. The van der Waals surface area contributed by atoms with Gasteiger partial charge in [-0.1, -0.05) is 0 Å². The standard InChI is InChI=1S/C26H29N3O5S/c1-29-13-20(18-5-6-28-23(18)25(29)31)19-9-17(35(2,32)33)3-4-21(19)34-26-10-14-7-15(11-26)22(24(27)30)16(8-14)12-26/h3-6,9,13-16,22,28H,7-8,10-12H2,1-2H3,(H2,27,30)/i1D3. The quantitative estimate of drug-likeness (QED) is 0.560. The predicted molar refractivity (Wildman–Crippen MR) is 132 cm³/mol. The zero-order valence-electron chi connectivity index (χ0n) is 22.3. The van der Waals surface area contributed by atoms with Crippen LogP contribution in [0.15, 0.2) is 46.3 Å². The van der Waals surface area contributed by atoms with Gasteiger partial charge >= 0.3 is 0 Å². The summed E-state index contributed by atoms with van der Waals surface area (Å²) < 4.78 is 56.1. The lowest BCUT2D eigenvalue weighted by molar-refractivity contribution is -0.155. The summed E-state index contributed by atoms with van der Waals surface area (Å²) in [6.45, 7) is -2.75. The van der Waals surface area contributed by atoms with Gasteiger partial charge in [0, 0.05) is 52.2 Å². The van der Waals surface area contributed by atoms with Gasteiger partial charge in [0.2, 0.25) is 5.91 Å². The van der Waals surface area contributed by atoms with E-state index in [1.54, 1.807) is 18.3 Å². The number of benzene rings is 1. The van der Waals surface area contributed by atoms with E-state index in [-0.39, 0.29) is 34.1 Å². The average molecular weight is 499 g/mol. The van der Waals surface area contributed by atoms with Crippen molar-refractivity contribution in [1.29, 1.82) is 0 Å². The number of rotatable bonds is 5. The summed E-state index contributed by atoms with van der Waals surface area (Å²) in [5.41, 5.74) is 5.40. The molecule has 2 unspecified atom stereocenters. The summed E-state index contributed by atoms with van der Waals surface area (Å²) in [5.74, 6) is 0.716. The number of ether oxygens (including phenoxy) is 1. The van der Waals surface area contributed by atoms with E-state index in [1.807, 2.05) is 0 Å². The maximum Gasteiger partial charge on any atom is 0.274 e. The molecule has 2 atom stereocenters. The summed E-state index contributed by atoms with van der Waals surface area (Å²) in [4.78, 5) is 28.0. The first-order chi connectivity index (χ1) is 17.8. The molecule has 4 aliphatic rings. The van der Waals surface area contributed by atoms with Gasteiger partial charge in [-0.05, 0) is 74.1 Å². The fourth-order valence-electron chi connectivity index (χ4n) is 7.17. The summed E-state index contributed by atoms with van der Waals surface area (Å²) in [6, 6.07) is 6.23. The van der Waals surface area contributed by atoms with Crippen molar-refractivity contribution in [2.24, 2.45) is 36.4 Å². The predicted octanol–water partition coefficient (Wildman–Crippen LogP) is 3.00. The SMILES string of the molecule is [2H]C([2H])([2H])n1cc(-c2cc(S(C)(=O)=O)ccc2OC23CC4CC(C2)C(C(N)=O)C(C4)C3)c2cc[nH]c2c1=O. The highest BCUT2D eigenvalue weighted by Gasteiger charge is 2.58. The number of aromatic nitrogens is 2. The highest BCUT2D eigenvalue weighted by Crippen LogP contribution is 2.59. The number of sulfone groups is 1. The number of pyridine rings is 1. The number of nitrogens with one attached hydrogen (secondary N) is 1. The van der Waals surface area contributed by atoms with Crippen LogP contribution in [-0.2, 0) is 21.6 Å². The largest absolute Gasteiger partial charge is 0.487 e. The number of amides is 1. The molecule has 0 radical (unpaired) electrons. The Morgan fingerprint density at radius 2 is 1.94 bits per heavy atom. The topological polar surface area (TPSA) is 124 Å². The van der Waals surface area contributed by atoms with Crippen molar-refractivity contribution in [1.82, 2.24) is 9.55 Å². The van der Waals surface area contributed by atoms with E-state index in [0.29, 0.717) is 45.6 Å². The molecule has 0 aliphatic heterocycles. The first-order valence-electron chi connectivity index (χ1n) is 13.3. The fraction of sp³-hybridized carbons (Fsp3) is 0.462. The van der Waals surface area contributed by atoms with Crippen LogP contribution in [0.4, 0.5) is 0 Å². The van der Waals surface area contributed by atoms with Crippen LogP contribution in [0.25, 0.3) is 22.0 Å². The Hall–Kier alpha value is -3.07. The average Bonchev–Trinajstić information content (AvgIpc) is 3.28. The first-order valence-corrected chi connectivity index (χ1v) is 13.7. The molecule has 9 heteroatoms. The van der Waals surface area contributed by atoms with E-state index in [2.05, 4.69) is 4.98 Å². The molecule has 4 saturated carbocycles. The van der Waals surface area contributed by atoms with Gasteiger partial charge in [-0.3, -0.25) is 9.59 Å². The van der Waals surface area contributed by atoms with Gasteiger partial charge in [0.1, 0.15) is 16.9 Å². The first kappa shape index (κ1) is 19.2. The molecule has 184 valence electrons. The zero-order valence-corrected chi connectivity index (χ0v) is 20.1. The molecular formula is C26H29N3O5S. The Kier molecular flexibility index (Phi) is 4.09. The molecule has 1 amide bonds. The van der Waals surface area contributed by atoms with Crippen molar-refractivity contribution in [2.45, 2.75) is 42.6 Å². The third-order valence-corrected chi connectivity index (χ3v) is 9.38. The lowest BCUT2D eigenvalue weighted by Gasteiger charge is -2.58. The molecular weight excluding hydrogens is 466 g/mol. The molecule has 0 spiro atoms. The monoisotopic (exact) mass is 498 g/mol. The van der Waals surface area contributed by atoms with Gasteiger partial charge in [-0.15, -0.1) is 0 Å². The lowest BCUT2D eigenvalue weighted by atomic mass is 9.50. The molecule has 8 nitrogen and oxygen atoms in total. The van der Waals surface area contributed by atoms with Gasteiger partial charge in [-0.25, -0.2) is 8.42 Å². The van der Waals surface area contributed by atoms with Crippen molar-refractivity contribution >= 4 is 26.6 Å². The Labute approximate surface area is 207 Å². The molecule has 4 fully saturated rings. The summed E-state index contributed by atoms with van der Waals surface area (Å²) in [7, 11) is -3.60. The van der Waals surface area contributed by atoms with E-state index < -0.39 is 28.0 Å². The molecule has 3 N–H and O–H groups in total. The van der Waals surface area contributed by atoms with E-state index >= 15 is 0 Å². The molecule has 4 aliphatic carbocycles. The number of aromatic amines is 1. The van der Waals surface area contributed by atoms with Gasteiger partial charge in [0.05, 0.1) is 4.90 Å². The number of carbonyl (C=O) groups is 1. The summed E-state index contributed by atoms with van der Waals surface area (Å²) in [5, 5.41) is 0.463. The lowest BCUT2D eigenvalue weighted by Crippen LogP contribution is -2.59. The van der Waals surface area contributed by atoms with E-state index in [0.717, 1.165) is 25.5 Å². The van der Waals surface area contributed by atoms with Crippen molar-refractivity contribution in [3.05, 3.63) is 47.0 Å². The molecule has 4 bridgehead atoms. The molecule has 2 aromatic heterocycles. The molecule has 7 rings (SSSR count). The number of hydrogen-bond donors (Lipinski definition) is 2. The number of hydrogen-bond acceptors (Lipinski definition) is 5. The van der Waals surface area contributed by atoms with Crippen LogP contribution in [-0.4, -0.2) is 35.7 Å². The van der Waals surface area contributed by atoms with Crippen LogP contribution in [0.2, 0.25) is 0 Å². The van der Waals surface area contributed by atoms with Crippen LogP contribution in [0, 0.1) is 23.7 Å². The summed E-state index contributed by atoms with van der Waals surface area (Å²) in [6.07, 6.45) is 7.97. The molecule has 3 aromatic rings. The van der Waals surface area contributed by atoms with Crippen LogP contribution in [0.1, 0.15) is 36.2 Å². The summed E-state index contributed by atoms with van der Waals surface area (Å²) >= 11 is 0. The highest BCUT2D eigenvalue weighted by molar-refractivity contribution is 7.90. The van der Waals surface area contributed by atoms with E-state index in [1.165, 1.54) is 18.3 Å². The smallest absolute Gasteiger partial charge is 0.274 e. The van der Waals surface area contributed by atoms with Gasteiger partial charge in [0.25, 0.3) is 5.56 Å². The van der Waals surface area contributed by atoms with Crippen molar-refractivity contribution in [3.63, 3.8) is 0 Å². The second-order valence-electron chi connectivity index (χ2n) is 10.6. The Morgan fingerprint density at radius 1 is 1.20 bits per heavy atom. The van der Waals surface area contributed by atoms with Gasteiger partial charge in [-0.2, -0.15) is 0 Å². The Balaban J connectivity index is 1.52. The van der Waals surface area contributed by atoms with Crippen LogP contribution < -0.4 is 16.0 Å². The number of primary amides is 1. The minimum Gasteiger partial charge on any atom is -0.487 e. The second kappa shape index (κ2) is 7.46. The number of H-pyrrole nitrogens is 1. The minimum absolute atomic E-state index is 0.0504. The Bertz CT molecular complexity index is 1630. The number of fused-ring (bicyclic) bond motifs is 1. The third kappa shape index (κ3) is 3.51. The Morgan fingerprint density at radius 3 is 2.60 bits per heavy atom. The van der Waals surface area contributed by atoms with Crippen molar-refractivity contribution in [3.8, 4) is 16.9 Å². The van der Waals surface area contributed by atoms with Gasteiger partial charge in [0.15, 0.2) is 9.84 Å². The second-order valence-corrected chi connectivity index (χ2v) is 12.6. The minimum atomic E-state index is -3.60. The van der Waals surface area contributed by atoms with E-state index in [4.69, 9.17) is 14.6 Å². The van der Waals surface area contributed by atoms with E-state index in [9.17, 15) is 18.0 Å².